The number of rotatable bonds is 3. The van der Waals surface area contributed by atoms with Gasteiger partial charge in [-0.05, 0) is 18.2 Å². The number of hydrogen-bond acceptors (Lipinski definition) is 6. The van der Waals surface area contributed by atoms with E-state index in [0.717, 1.165) is 26.9 Å². The van der Waals surface area contributed by atoms with Crippen molar-refractivity contribution in [2.75, 3.05) is 0 Å². The zero-order valence-electron chi connectivity index (χ0n) is 18.4. The van der Waals surface area contributed by atoms with Crippen LogP contribution in [-0.2, 0) is 0 Å². The molecule has 36 heavy (non-hydrogen) atoms. The summed E-state index contributed by atoms with van der Waals surface area (Å²) in [6.07, 6.45) is 1.33. The largest absolute Gasteiger partial charge is 0.289 e. The highest BCUT2D eigenvalue weighted by molar-refractivity contribution is 7.15. The van der Waals surface area contributed by atoms with Crippen molar-refractivity contribution in [3.63, 3.8) is 0 Å². The quantitative estimate of drug-likeness (QED) is 0.342. The lowest BCUT2D eigenvalue weighted by Gasteiger charge is -2.10. The molecule has 0 spiro atoms. The minimum absolute atomic E-state index is 0.0311. The van der Waals surface area contributed by atoms with Crippen molar-refractivity contribution in [1.29, 1.82) is 0 Å². The minimum atomic E-state index is -0.639. The normalized spacial score (nSPS) is 12.0. The average Bonchev–Trinajstić information content (AvgIpc) is 3.21. The van der Waals surface area contributed by atoms with Crippen LogP contribution in [0.15, 0.2) is 88.5 Å². The van der Waals surface area contributed by atoms with Crippen LogP contribution in [0.25, 0.3) is 44.7 Å². The van der Waals surface area contributed by atoms with Gasteiger partial charge < -0.3 is 0 Å². The molecule has 6 nitrogen and oxygen atoms in total. The Morgan fingerprint density at radius 1 is 0.778 bits per heavy atom. The third-order valence-electron chi connectivity index (χ3n) is 5.66. The van der Waals surface area contributed by atoms with Crippen LogP contribution in [-0.4, -0.2) is 19.4 Å². The van der Waals surface area contributed by atoms with Crippen LogP contribution in [0.2, 0.25) is 5.02 Å². The molecule has 0 aliphatic heterocycles. The zero-order valence-corrected chi connectivity index (χ0v) is 19.9. The van der Waals surface area contributed by atoms with E-state index < -0.39 is 16.9 Å². The molecule has 174 valence electrons. The van der Waals surface area contributed by atoms with Gasteiger partial charge >= 0.3 is 0 Å². The van der Waals surface area contributed by atoms with Crippen molar-refractivity contribution in [3.05, 3.63) is 121 Å². The molecule has 0 radical (unpaired) electrons. The molecule has 6 aromatic rings. The van der Waals surface area contributed by atoms with Gasteiger partial charge in [-0.3, -0.25) is 9.59 Å². The summed E-state index contributed by atoms with van der Waals surface area (Å²) in [5.74, 6) is -0.576. The number of halogens is 2. The monoisotopic (exact) mass is 512 g/mol. The Hall–Kier alpha value is -4.27. The molecule has 0 amide bonds. The predicted molar refractivity (Wildman–Crippen MR) is 140 cm³/mol. The van der Waals surface area contributed by atoms with Crippen LogP contribution in [0, 0.1) is 5.82 Å². The van der Waals surface area contributed by atoms with Crippen molar-refractivity contribution in [3.8, 4) is 22.5 Å². The van der Waals surface area contributed by atoms with Crippen LogP contribution >= 0.6 is 22.9 Å². The fourth-order valence-corrected chi connectivity index (χ4v) is 5.11. The van der Waals surface area contributed by atoms with Crippen LogP contribution in [0.5, 0.6) is 0 Å². The highest BCUT2D eigenvalue weighted by atomic mass is 35.5. The average molecular weight is 513 g/mol. The molecule has 0 unspecified atom stereocenters. The molecular formula is C27H14ClFN4O2S. The minimum Gasteiger partial charge on any atom is -0.267 e. The number of fused-ring (bicyclic) bond motifs is 2. The summed E-state index contributed by atoms with van der Waals surface area (Å²) < 4.78 is 15.4. The van der Waals surface area contributed by atoms with Crippen LogP contribution in [0.4, 0.5) is 4.39 Å². The van der Waals surface area contributed by atoms with Gasteiger partial charge in [-0.2, -0.15) is 4.98 Å². The van der Waals surface area contributed by atoms with Gasteiger partial charge in [-0.15, -0.1) is 0 Å². The lowest BCUT2D eigenvalue weighted by Crippen LogP contribution is -2.31. The molecule has 3 aromatic carbocycles. The Bertz CT molecular complexity index is 1940. The number of aromatic nitrogens is 4. The van der Waals surface area contributed by atoms with Crippen molar-refractivity contribution in [1.82, 2.24) is 19.4 Å². The summed E-state index contributed by atoms with van der Waals surface area (Å²) in [6.45, 7) is 0. The fraction of sp³-hybridized carbons (Fsp3) is 0. The van der Waals surface area contributed by atoms with Gasteiger partial charge in [-0.25, -0.2) is 18.8 Å². The highest BCUT2D eigenvalue weighted by Gasteiger charge is 2.19. The third kappa shape index (κ3) is 3.67. The first-order valence-electron chi connectivity index (χ1n) is 10.8. The topological polar surface area (TPSA) is 77.2 Å². The Morgan fingerprint density at radius 2 is 1.42 bits per heavy atom. The van der Waals surface area contributed by atoms with E-state index in [4.69, 9.17) is 16.6 Å². The van der Waals surface area contributed by atoms with Gasteiger partial charge in [0, 0.05) is 16.7 Å². The predicted octanol–water partition coefficient (Wildman–Crippen LogP) is 4.73. The van der Waals surface area contributed by atoms with Crippen molar-refractivity contribution in [2.45, 2.75) is 0 Å². The molecule has 0 fully saturated rings. The SMILES string of the molecule is O=c1/c(=C/c2c(F)cccc2Cl)sc2nc3nc(-c4ccccc4)c(-c4ccccc4)nc3c(=O)n12. The van der Waals surface area contributed by atoms with Crippen LogP contribution in [0.1, 0.15) is 5.56 Å². The highest BCUT2D eigenvalue weighted by Crippen LogP contribution is 2.30. The summed E-state index contributed by atoms with van der Waals surface area (Å²) in [5, 5.41) is 0.153. The summed E-state index contributed by atoms with van der Waals surface area (Å²) in [7, 11) is 0. The second-order valence-corrected chi connectivity index (χ2v) is 9.33. The van der Waals surface area contributed by atoms with E-state index in [1.165, 1.54) is 24.3 Å². The maximum Gasteiger partial charge on any atom is 0.289 e. The molecule has 0 bridgehead atoms. The van der Waals surface area contributed by atoms with Gasteiger partial charge in [0.15, 0.2) is 11.2 Å². The Morgan fingerprint density at radius 3 is 2.06 bits per heavy atom. The van der Waals surface area contributed by atoms with E-state index in [-0.39, 0.29) is 31.2 Å². The molecule has 3 heterocycles. The summed E-state index contributed by atoms with van der Waals surface area (Å²) in [4.78, 5) is 40.6. The molecule has 0 saturated heterocycles. The van der Waals surface area contributed by atoms with Crippen LogP contribution < -0.4 is 15.7 Å². The van der Waals surface area contributed by atoms with Crippen molar-refractivity contribution in [2.24, 2.45) is 0 Å². The molecule has 6 rings (SSSR count). The molecule has 0 atom stereocenters. The number of hydrogen-bond donors (Lipinski definition) is 0. The van der Waals surface area contributed by atoms with E-state index in [1.54, 1.807) is 0 Å². The summed E-state index contributed by atoms with van der Waals surface area (Å²) in [6, 6.07) is 23.1. The van der Waals surface area contributed by atoms with Crippen molar-refractivity contribution < 1.29 is 4.39 Å². The maximum absolute atomic E-state index is 14.3. The lowest BCUT2D eigenvalue weighted by molar-refractivity contribution is 0.625. The first-order valence-corrected chi connectivity index (χ1v) is 12.0. The van der Waals surface area contributed by atoms with Crippen LogP contribution in [0.3, 0.4) is 0 Å². The molecule has 3 aromatic heterocycles. The third-order valence-corrected chi connectivity index (χ3v) is 6.96. The lowest BCUT2D eigenvalue weighted by atomic mass is 10.0. The number of benzene rings is 3. The van der Waals surface area contributed by atoms with Gasteiger partial charge in [-0.1, -0.05) is 89.7 Å². The van der Waals surface area contributed by atoms with E-state index in [1.807, 2.05) is 60.7 Å². The van der Waals surface area contributed by atoms with E-state index >= 15 is 0 Å². The van der Waals surface area contributed by atoms with Gasteiger partial charge in [0.1, 0.15) is 5.82 Å². The zero-order chi connectivity index (χ0) is 24.8. The Labute approximate surface area is 211 Å². The van der Waals surface area contributed by atoms with Gasteiger partial charge in [0.25, 0.3) is 11.1 Å². The number of thiazole rings is 1. The molecule has 0 aliphatic carbocycles. The molecule has 0 N–H and O–H groups in total. The van der Waals surface area contributed by atoms with E-state index in [2.05, 4.69) is 9.97 Å². The Balaban J connectivity index is 1.67. The fourth-order valence-electron chi connectivity index (χ4n) is 3.95. The summed E-state index contributed by atoms with van der Waals surface area (Å²) >= 11 is 7.08. The first kappa shape index (κ1) is 22.2. The van der Waals surface area contributed by atoms with Crippen molar-refractivity contribution >= 4 is 45.1 Å². The second-order valence-electron chi connectivity index (χ2n) is 7.91. The van der Waals surface area contributed by atoms with E-state index in [0.29, 0.717) is 11.4 Å². The standard InChI is InChI=1S/C27H14ClFN4O2S/c28-18-12-7-13-19(29)17(18)14-20-25(34)33-26(35)23-24(32-27(33)36-20)31-22(16-10-5-2-6-11-16)21(30-23)15-8-3-1-4-9-15/h1-14H/b20-14-. The molecule has 0 saturated carbocycles. The van der Waals surface area contributed by atoms with Gasteiger partial charge in [0.05, 0.1) is 20.9 Å². The Kier molecular flexibility index (Phi) is 5.40. The smallest absolute Gasteiger partial charge is 0.267 e. The molecular weight excluding hydrogens is 499 g/mol. The van der Waals surface area contributed by atoms with Gasteiger partial charge in [0.2, 0.25) is 4.96 Å². The second kappa shape index (κ2) is 8.75. The molecule has 0 aliphatic rings. The maximum atomic E-state index is 14.3. The first-order chi connectivity index (χ1) is 17.5. The summed E-state index contributed by atoms with van der Waals surface area (Å²) in [5.41, 5.74) is 1.54. The van der Waals surface area contributed by atoms with E-state index in [9.17, 15) is 14.0 Å². The molecule has 9 heteroatoms. The number of nitrogens with zero attached hydrogens (tertiary/aromatic N) is 4.